The predicted molar refractivity (Wildman–Crippen MR) is 117 cm³/mol. The summed E-state index contributed by atoms with van der Waals surface area (Å²) in [5, 5.41) is 22.9. The smallest absolute Gasteiger partial charge is 0.312 e. The van der Waals surface area contributed by atoms with Crippen molar-refractivity contribution in [2.75, 3.05) is 0 Å². The van der Waals surface area contributed by atoms with E-state index in [2.05, 4.69) is 6.58 Å². The number of alkyl halides is 1. The van der Waals surface area contributed by atoms with Crippen molar-refractivity contribution in [2.24, 2.45) is 29.1 Å². The third kappa shape index (κ3) is 3.39. The van der Waals surface area contributed by atoms with E-state index in [-0.39, 0.29) is 11.9 Å². The number of epoxide rings is 1. The van der Waals surface area contributed by atoms with E-state index in [4.69, 9.17) is 25.8 Å². The fraction of sp³-hybridized carbons (Fsp3) is 0.792. The van der Waals surface area contributed by atoms with Crippen molar-refractivity contribution in [2.45, 2.75) is 89.0 Å². The summed E-state index contributed by atoms with van der Waals surface area (Å²) in [6.07, 6.45) is -3.51. The molecule has 33 heavy (non-hydrogen) atoms. The van der Waals surface area contributed by atoms with E-state index in [1.54, 1.807) is 0 Å². The van der Waals surface area contributed by atoms with Crippen molar-refractivity contribution in [1.82, 2.24) is 0 Å². The number of carbonyl (C=O) groups excluding carboxylic acids is 3. The van der Waals surface area contributed by atoms with Gasteiger partial charge in [0.25, 0.3) is 0 Å². The lowest BCUT2D eigenvalue weighted by Gasteiger charge is -2.54. The largest absolute Gasteiger partial charge is 0.462 e. The maximum atomic E-state index is 12.6. The quantitative estimate of drug-likeness (QED) is 0.263. The molecule has 1 unspecified atom stereocenters. The number of aliphatic hydroxyl groups is 2. The molecule has 2 saturated heterocycles. The Morgan fingerprint density at radius 3 is 2.45 bits per heavy atom. The zero-order valence-corrected chi connectivity index (χ0v) is 20.4. The van der Waals surface area contributed by atoms with Gasteiger partial charge in [-0.25, -0.2) is 0 Å². The molecule has 2 aliphatic carbocycles. The van der Waals surface area contributed by atoms with E-state index in [9.17, 15) is 24.6 Å². The van der Waals surface area contributed by atoms with Crippen molar-refractivity contribution in [3.63, 3.8) is 0 Å². The number of halogens is 1. The highest BCUT2D eigenvalue weighted by Crippen LogP contribution is 2.63. The topological polar surface area (TPSA) is 123 Å². The van der Waals surface area contributed by atoms with Crippen LogP contribution in [0.2, 0.25) is 0 Å². The molecule has 4 fully saturated rings. The molecule has 4 rings (SSSR count). The van der Waals surface area contributed by atoms with Crippen LogP contribution < -0.4 is 0 Å². The van der Waals surface area contributed by atoms with Gasteiger partial charge < -0.3 is 24.4 Å². The van der Waals surface area contributed by atoms with Crippen LogP contribution in [0.25, 0.3) is 0 Å². The van der Waals surface area contributed by atoms with Crippen LogP contribution in [0.4, 0.5) is 0 Å². The van der Waals surface area contributed by atoms with Gasteiger partial charge in [0.2, 0.25) is 0 Å². The molecule has 0 amide bonds. The highest BCUT2D eigenvalue weighted by atomic mass is 35.5. The van der Waals surface area contributed by atoms with E-state index in [0.717, 1.165) is 0 Å². The van der Waals surface area contributed by atoms with Crippen LogP contribution in [0.5, 0.6) is 0 Å². The number of hydrogen-bond donors (Lipinski definition) is 2. The lowest BCUT2D eigenvalue weighted by Crippen LogP contribution is -2.67. The minimum absolute atomic E-state index is 0.0793. The maximum Gasteiger partial charge on any atom is 0.312 e. The van der Waals surface area contributed by atoms with Crippen molar-refractivity contribution in [1.29, 1.82) is 0 Å². The fourth-order valence-electron chi connectivity index (χ4n) is 6.93. The highest BCUT2D eigenvalue weighted by molar-refractivity contribution is 6.23. The first-order valence-corrected chi connectivity index (χ1v) is 12.0. The van der Waals surface area contributed by atoms with Gasteiger partial charge in [0.15, 0.2) is 6.10 Å². The van der Waals surface area contributed by atoms with E-state index in [0.29, 0.717) is 18.4 Å². The molecule has 184 valence electrons. The number of ether oxygens (including phenoxy) is 3. The molecule has 0 aromatic rings. The van der Waals surface area contributed by atoms with Crippen molar-refractivity contribution in [3.05, 3.63) is 12.2 Å². The lowest BCUT2D eigenvalue weighted by molar-refractivity contribution is -0.207. The molecular formula is C24H33ClO8. The Balaban J connectivity index is 1.91. The Bertz CT molecular complexity index is 890. The summed E-state index contributed by atoms with van der Waals surface area (Å²) in [6, 6.07) is 0. The number of hydrogen-bond acceptors (Lipinski definition) is 8. The molecule has 2 heterocycles. The predicted octanol–water partition coefficient (Wildman–Crippen LogP) is 1.77. The van der Waals surface area contributed by atoms with Gasteiger partial charge in [-0.1, -0.05) is 26.0 Å². The SMILES string of the molecule is C=C1CC[C@@H](OC(C)=O)[C@]2(C)[C@@H]([C@@H](O)[C@]3(O)[C@@H](C)C(=O)O[C@H]3[C@H]1Cl)[C@@H](C)C(C(C)=O)[C@@H]1O[C@@H]12. The summed E-state index contributed by atoms with van der Waals surface area (Å²) in [5.41, 5.74) is -2.47. The Morgan fingerprint density at radius 2 is 1.88 bits per heavy atom. The Labute approximate surface area is 198 Å². The van der Waals surface area contributed by atoms with E-state index in [1.165, 1.54) is 20.8 Å². The van der Waals surface area contributed by atoms with E-state index >= 15 is 0 Å². The third-order valence-corrected chi connectivity index (χ3v) is 9.30. The standard InChI is InChI=1S/C24H33ClO8/c1-9-7-8-14(31-13(5)27)23(6)16(10(2)15(12(4)26)18-21(23)32-18)19(28)24(30)11(3)22(29)33-20(24)17(9)25/h10-11,14-21,28,30H,1,7-8H2,2-6H3/t10-,11-,14+,15?,16+,17-,18-,19+,20-,21-,23+,24+/m0/s1. The van der Waals surface area contributed by atoms with Gasteiger partial charge in [-0.3, -0.25) is 14.4 Å². The molecule has 0 aromatic heterocycles. The number of carbonyl (C=O) groups is 3. The molecular weight excluding hydrogens is 452 g/mol. The lowest BCUT2D eigenvalue weighted by atomic mass is 9.51. The number of rotatable bonds is 2. The van der Waals surface area contributed by atoms with Crippen LogP contribution in [0.15, 0.2) is 12.2 Å². The second kappa shape index (κ2) is 8.04. The molecule has 8 nitrogen and oxygen atoms in total. The van der Waals surface area contributed by atoms with Gasteiger partial charge >= 0.3 is 11.9 Å². The first kappa shape index (κ1) is 24.6. The summed E-state index contributed by atoms with van der Waals surface area (Å²) >= 11 is 6.64. The third-order valence-electron chi connectivity index (χ3n) is 8.76. The van der Waals surface area contributed by atoms with Crippen LogP contribution in [0.1, 0.15) is 47.5 Å². The molecule has 2 N–H and O–H groups in total. The molecule has 2 aliphatic heterocycles. The average Bonchev–Trinajstić information content (AvgIpc) is 3.48. The minimum atomic E-state index is -2.03. The molecule has 0 radical (unpaired) electrons. The van der Waals surface area contributed by atoms with E-state index < -0.39 is 76.4 Å². The van der Waals surface area contributed by atoms with Crippen LogP contribution >= 0.6 is 11.6 Å². The molecule has 0 bridgehead atoms. The molecule has 2 saturated carbocycles. The van der Waals surface area contributed by atoms with Crippen molar-refractivity contribution < 1.29 is 38.8 Å². The second-order valence-electron chi connectivity index (χ2n) is 10.5. The first-order valence-electron chi connectivity index (χ1n) is 11.5. The van der Waals surface area contributed by atoms with E-state index in [1.807, 2.05) is 13.8 Å². The van der Waals surface area contributed by atoms with Gasteiger partial charge in [0, 0.05) is 24.2 Å². The van der Waals surface area contributed by atoms with Gasteiger partial charge in [0.1, 0.15) is 17.5 Å². The normalized spacial score (nSPS) is 51.5. The molecule has 4 aliphatic rings. The molecule has 0 aromatic carbocycles. The average molecular weight is 485 g/mol. The number of ketones is 1. The van der Waals surface area contributed by atoms with Crippen LogP contribution in [0.3, 0.4) is 0 Å². The van der Waals surface area contributed by atoms with Crippen LogP contribution in [0, 0.1) is 29.1 Å². The number of aliphatic hydroxyl groups excluding tert-OH is 1. The van der Waals surface area contributed by atoms with Gasteiger partial charge in [-0.05, 0) is 32.6 Å². The summed E-state index contributed by atoms with van der Waals surface area (Å²) in [7, 11) is 0. The molecule has 12 atom stereocenters. The van der Waals surface area contributed by atoms with Crippen molar-refractivity contribution >= 4 is 29.3 Å². The zero-order chi connectivity index (χ0) is 24.6. The monoisotopic (exact) mass is 484 g/mol. The number of Topliss-reactive ketones (excluding diaryl/α,β-unsaturated/α-hetero) is 1. The summed E-state index contributed by atoms with van der Waals surface area (Å²) < 4.78 is 17.3. The Morgan fingerprint density at radius 1 is 1.24 bits per heavy atom. The zero-order valence-electron chi connectivity index (χ0n) is 19.6. The molecule has 0 spiro atoms. The van der Waals surface area contributed by atoms with Gasteiger partial charge in [-0.2, -0.15) is 0 Å². The summed E-state index contributed by atoms with van der Waals surface area (Å²) in [6.45, 7) is 12.0. The fourth-order valence-corrected chi connectivity index (χ4v) is 7.29. The van der Waals surface area contributed by atoms with Crippen molar-refractivity contribution in [3.8, 4) is 0 Å². The van der Waals surface area contributed by atoms with Crippen LogP contribution in [-0.2, 0) is 28.6 Å². The number of fused-ring (bicyclic) bond motifs is 4. The molecule has 9 heteroatoms. The van der Waals surface area contributed by atoms with Gasteiger partial charge in [0.05, 0.1) is 29.6 Å². The summed E-state index contributed by atoms with van der Waals surface area (Å²) in [5.74, 6) is -3.98. The minimum Gasteiger partial charge on any atom is -0.462 e. The Kier molecular flexibility index (Phi) is 6.00. The summed E-state index contributed by atoms with van der Waals surface area (Å²) in [4.78, 5) is 37.2. The van der Waals surface area contributed by atoms with Crippen LogP contribution in [-0.4, -0.2) is 69.4 Å². The van der Waals surface area contributed by atoms with Gasteiger partial charge in [-0.15, -0.1) is 11.6 Å². The Hall–Kier alpha value is -1.48. The maximum absolute atomic E-state index is 12.6. The number of esters is 2. The highest BCUT2D eigenvalue weighted by Gasteiger charge is 2.74. The second-order valence-corrected chi connectivity index (χ2v) is 11.0. The first-order chi connectivity index (χ1) is 15.3.